The highest BCUT2D eigenvalue weighted by Gasteiger charge is 2.18. The molecule has 0 bridgehead atoms. The topological polar surface area (TPSA) is 46.2 Å². The highest BCUT2D eigenvalue weighted by atomic mass is 79.9. The molecule has 0 radical (unpaired) electrons. The van der Waals surface area contributed by atoms with Gasteiger partial charge in [0.25, 0.3) is 10.0 Å². The Hall–Kier alpha value is -1.04. The maximum absolute atomic E-state index is 12.5. The lowest BCUT2D eigenvalue weighted by atomic mass is 10.2. The van der Waals surface area contributed by atoms with Crippen LogP contribution in [0.2, 0.25) is 5.02 Å². The zero-order chi connectivity index (χ0) is 15.8. The van der Waals surface area contributed by atoms with Crippen LogP contribution in [0, 0.1) is 20.8 Å². The lowest BCUT2D eigenvalue weighted by Gasteiger charge is -2.12. The van der Waals surface area contributed by atoms with E-state index in [0.29, 0.717) is 16.3 Å². The van der Waals surface area contributed by atoms with E-state index in [9.17, 15) is 8.42 Å². The Balaban J connectivity index is 2.43. The summed E-state index contributed by atoms with van der Waals surface area (Å²) >= 11 is 9.42. The summed E-state index contributed by atoms with van der Waals surface area (Å²) in [6.07, 6.45) is 0. The van der Waals surface area contributed by atoms with E-state index in [1.807, 2.05) is 13.8 Å². The fourth-order valence-corrected chi connectivity index (χ4v) is 3.91. The van der Waals surface area contributed by atoms with Gasteiger partial charge in [0, 0.05) is 9.50 Å². The summed E-state index contributed by atoms with van der Waals surface area (Å²) in [6.45, 7) is 5.48. The molecule has 112 valence electrons. The molecule has 0 atom stereocenters. The van der Waals surface area contributed by atoms with Gasteiger partial charge < -0.3 is 0 Å². The number of aryl methyl sites for hydroxylation is 3. The Morgan fingerprint density at radius 1 is 1.00 bits per heavy atom. The van der Waals surface area contributed by atoms with Gasteiger partial charge in [0.1, 0.15) is 0 Å². The maximum atomic E-state index is 12.5. The first-order chi connectivity index (χ1) is 9.70. The molecule has 21 heavy (non-hydrogen) atoms. The zero-order valence-corrected chi connectivity index (χ0v) is 15.0. The first-order valence-electron chi connectivity index (χ1n) is 6.26. The maximum Gasteiger partial charge on any atom is 0.262 e. The van der Waals surface area contributed by atoms with Crippen LogP contribution >= 0.6 is 27.5 Å². The first-order valence-corrected chi connectivity index (χ1v) is 8.92. The Kier molecular flexibility index (Phi) is 4.66. The normalized spacial score (nSPS) is 11.5. The molecule has 1 N–H and O–H groups in total. The molecule has 2 aromatic carbocycles. The quantitative estimate of drug-likeness (QED) is 0.818. The van der Waals surface area contributed by atoms with Crippen molar-refractivity contribution in [3.05, 3.63) is 56.5 Å². The fourth-order valence-electron chi connectivity index (χ4n) is 1.91. The minimum absolute atomic E-state index is 0.264. The summed E-state index contributed by atoms with van der Waals surface area (Å²) in [7, 11) is -3.64. The van der Waals surface area contributed by atoms with Crippen LogP contribution in [-0.4, -0.2) is 8.42 Å². The van der Waals surface area contributed by atoms with Crippen molar-refractivity contribution in [2.24, 2.45) is 0 Å². The number of hydrogen-bond acceptors (Lipinski definition) is 2. The van der Waals surface area contributed by atoms with E-state index in [1.165, 1.54) is 0 Å². The van der Waals surface area contributed by atoms with Gasteiger partial charge in [0.05, 0.1) is 10.6 Å². The van der Waals surface area contributed by atoms with Crippen LogP contribution in [0.1, 0.15) is 16.7 Å². The third-order valence-corrected chi connectivity index (χ3v) is 5.95. The Morgan fingerprint density at radius 3 is 2.29 bits per heavy atom. The highest BCUT2D eigenvalue weighted by molar-refractivity contribution is 9.10. The number of nitrogens with one attached hydrogen (secondary N) is 1. The second-order valence-corrected chi connectivity index (χ2v) is 7.85. The summed E-state index contributed by atoms with van der Waals surface area (Å²) in [4.78, 5) is 0.264. The molecule has 0 aliphatic carbocycles. The molecular weight excluding hydrogens is 374 g/mol. The third-order valence-electron chi connectivity index (χ3n) is 3.17. The van der Waals surface area contributed by atoms with Crippen molar-refractivity contribution in [3.63, 3.8) is 0 Å². The molecule has 0 spiro atoms. The SMILES string of the molecule is Cc1ccc(NS(=O)(=O)c2cc(C)c(Br)cc2C)cc1Cl. The number of benzene rings is 2. The largest absolute Gasteiger partial charge is 0.280 e. The van der Waals surface area contributed by atoms with Crippen molar-refractivity contribution in [3.8, 4) is 0 Å². The molecule has 0 heterocycles. The molecule has 2 aromatic rings. The van der Waals surface area contributed by atoms with Crippen LogP contribution in [0.15, 0.2) is 39.7 Å². The molecule has 0 aliphatic rings. The van der Waals surface area contributed by atoms with Gasteiger partial charge in [-0.15, -0.1) is 0 Å². The van der Waals surface area contributed by atoms with E-state index < -0.39 is 10.0 Å². The Morgan fingerprint density at radius 2 is 1.67 bits per heavy atom. The third kappa shape index (κ3) is 3.59. The summed E-state index contributed by atoms with van der Waals surface area (Å²) in [5.41, 5.74) is 2.89. The van der Waals surface area contributed by atoms with Crippen LogP contribution in [-0.2, 0) is 10.0 Å². The number of rotatable bonds is 3. The molecule has 0 saturated heterocycles. The second kappa shape index (κ2) is 5.99. The Bertz CT molecular complexity index is 804. The van der Waals surface area contributed by atoms with E-state index in [-0.39, 0.29) is 4.90 Å². The van der Waals surface area contributed by atoms with Crippen molar-refractivity contribution >= 4 is 43.2 Å². The van der Waals surface area contributed by atoms with Crippen LogP contribution in [0.4, 0.5) is 5.69 Å². The van der Waals surface area contributed by atoms with Crippen LogP contribution in [0.25, 0.3) is 0 Å². The number of hydrogen-bond donors (Lipinski definition) is 1. The van der Waals surface area contributed by atoms with Gasteiger partial charge in [0.15, 0.2) is 0 Å². The summed E-state index contributed by atoms with van der Waals surface area (Å²) < 4.78 is 28.5. The monoisotopic (exact) mass is 387 g/mol. The summed E-state index contributed by atoms with van der Waals surface area (Å²) in [6, 6.07) is 8.53. The van der Waals surface area contributed by atoms with E-state index in [2.05, 4.69) is 20.7 Å². The molecule has 0 unspecified atom stereocenters. The average molecular weight is 389 g/mol. The van der Waals surface area contributed by atoms with Crippen molar-refractivity contribution in [1.82, 2.24) is 0 Å². The minimum atomic E-state index is -3.64. The number of anilines is 1. The highest BCUT2D eigenvalue weighted by Crippen LogP contribution is 2.27. The molecule has 3 nitrogen and oxygen atoms in total. The lowest BCUT2D eigenvalue weighted by Crippen LogP contribution is -2.14. The molecule has 0 amide bonds. The van der Waals surface area contributed by atoms with Gasteiger partial charge in [-0.2, -0.15) is 0 Å². The molecule has 0 aliphatic heterocycles. The predicted molar refractivity (Wildman–Crippen MR) is 90.6 cm³/mol. The van der Waals surface area contributed by atoms with Crippen molar-refractivity contribution in [2.75, 3.05) is 4.72 Å². The van der Waals surface area contributed by atoms with E-state index in [0.717, 1.165) is 15.6 Å². The number of halogens is 2. The summed E-state index contributed by atoms with van der Waals surface area (Å²) in [5.74, 6) is 0. The standard InChI is InChI=1S/C15H15BrClNO2S/c1-9-4-5-12(8-14(9)17)18-21(19,20)15-7-10(2)13(16)6-11(15)3/h4-8,18H,1-3H3. The lowest BCUT2D eigenvalue weighted by molar-refractivity contribution is 0.600. The molecule has 0 fully saturated rings. The van der Waals surface area contributed by atoms with Crippen molar-refractivity contribution in [1.29, 1.82) is 0 Å². The zero-order valence-electron chi connectivity index (χ0n) is 11.9. The Labute approximate surface area is 138 Å². The van der Waals surface area contributed by atoms with Crippen LogP contribution in [0.3, 0.4) is 0 Å². The van der Waals surface area contributed by atoms with Gasteiger partial charge in [-0.05, 0) is 61.7 Å². The first kappa shape index (κ1) is 16.3. The fraction of sp³-hybridized carbons (Fsp3) is 0.200. The van der Waals surface area contributed by atoms with Crippen molar-refractivity contribution in [2.45, 2.75) is 25.7 Å². The molecule has 6 heteroatoms. The molecule has 2 rings (SSSR count). The van der Waals surface area contributed by atoms with E-state index in [4.69, 9.17) is 11.6 Å². The van der Waals surface area contributed by atoms with E-state index in [1.54, 1.807) is 37.3 Å². The van der Waals surface area contributed by atoms with Gasteiger partial charge in [-0.25, -0.2) is 8.42 Å². The van der Waals surface area contributed by atoms with Gasteiger partial charge in [0.2, 0.25) is 0 Å². The average Bonchev–Trinajstić information content (AvgIpc) is 2.37. The molecule has 0 aromatic heterocycles. The van der Waals surface area contributed by atoms with Crippen LogP contribution in [0.5, 0.6) is 0 Å². The van der Waals surface area contributed by atoms with Crippen LogP contribution < -0.4 is 4.72 Å². The molecular formula is C15H15BrClNO2S. The molecule has 0 saturated carbocycles. The second-order valence-electron chi connectivity index (χ2n) is 4.94. The van der Waals surface area contributed by atoms with E-state index >= 15 is 0 Å². The number of sulfonamides is 1. The summed E-state index contributed by atoms with van der Waals surface area (Å²) in [5, 5.41) is 0.527. The van der Waals surface area contributed by atoms with Gasteiger partial charge in [-0.3, -0.25) is 4.72 Å². The van der Waals surface area contributed by atoms with Gasteiger partial charge >= 0.3 is 0 Å². The van der Waals surface area contributed by atoms with Gasteiger partial charge in [-0.1, -0.05) is 33.6 Å². The smallest absolute Gasteiger partial charge is 0.262 e. The van der Waals surface area contributed by atoms with Crippen molar-refractivity contribution < 1.29 is 8.42 Å². The minimum Gasteiger partial charge on any atom is -0.280 e. The predicted octanol–water partition coefficient (Wildman–Crippen LogP) is 4.83.